The van der Waals surface area contributed by atoms with Gasteiger partial charge in [-0.3, -0.25) is 0 Å². The molecule has 7 rings (SSSR count). The van der Waals surface area contributed by atoms with Crippen molar-refractivity contribution in [2.45, 2.75) is 26.8 Å². The first-order chi connectivity index (χ1) is 21.9. The van der Waals surface area contributed by atoms with Crippen LogP contribution in [0.3, 0.4) is 0 Å². The molecule has 5 aromatic rings. The van der Waals surface area contributed by atoms with Gasteiger partial charge in [-0.2, -0.15) is 5.10 Å². The van der Waals surface area contributed by atoms with Crippen LogP contribution in [0.15, 0.2) is 94.9 Å². The summed E-state index contributed by atoms with van der Waals surface area (Å²) in [6.45, 7) is 6.19. The minimum Gasteiger partial charge on any atom is -0.493 e. The fourth-order valence-electron chi connectivity index (χ4n) is 6.21. The van der Waals surface area contributed by atoms with Gasteiger partial charge in [0.2, 0.25) is 5.75 Å². The van der Waals surface area contributed by atoms with Crippen LogP contribution in [0.4, 0.5) is 22.9 Å². The maximum absolute atomic E-state index is 5.82. The van der Waals surface area contributed by atoms with E-state index in [9.17, 15) is 0 Å². The molecule has 0 saturated heterocycles. The van der Waals surface area contributed by atoms with E-state index in [2.05, 4.69) is 48.3 Å². The quantitative estimate of drug-likeness (QED) is 0.216. The van der Waals surface area contributed by atoms with Gasteiger partial charge in [-0.05, 0) is 74.4 Å². The molecule has 0 spiro atoms. The van der Waals surface area contributed by atoms with Gasteiger partial charge in [0.25, 0.3) is 0 Å². The zero-order chi connectivity index (χ0) is 31.2. The number of fused-ring (bicyclic) bond motifs is 4. The molecular weight excluding hydrogens is 564 g/mol. The maximum atomic E-state index is 5.82. The maximum Gasteiger partial charge on any atom is 0.203 e. The number of hydrogen-bond acceptors (Lipinski definition) is 7. The van der Waals surface area contributed by atoms with Crippen molar-refractivity contribution in [1.29, 1.82) is 0 Å². The van der Waals surface area contributed by atoms with Gasteiger partial charge >= 0.3 is 0 Å². The number of hydrogen-bond donors (Lipinski definition) is 1. The van der Waals surface area contributed by atoms with E-state index in [0.29, 0.717) is 28.9 Å². The average Bonchev–Trinajstić information content (AvgIpc) is 3.40. The largest absolute Gasteiger partial charge is 0.493 e. The molecule has 226 valence electrons. The zero-order valence-electron chi connectivity index (χ0n) is 26.1. The van der Waals surface area contributed by atoms with Crippen molar-refractivity contribution >= 4 is 34.6 Å². The Morgan fingerprint density at radius 3 is 2.20 bits per heavy atom. The van der Waals surface area contributed by atoms with Crippen molar-refractivity contribution in [1.82, 2.24) is 9.78 Å². The summed E-state index contributed by atoms with van der Waals surface area (Å²) < 4.78 is 19.2. The normalized spacial score (nSPS) is 15.9. The Hall–Kier alpha value is -5.57. The Balaban J connectivity index is 1.55. The van der Waals surface area contributed by atoms with Gasteiger partial charge in [0.15, 0.2) is 29.0 Å². The molecule has 0 saturated carbocycles. The van der Waals surface area contributed by atoms with E-state index >= 15 is 0 Å². The molecule has 45 heavy (non-hydrogen) atoms. The van der Waals surface area contributed by atoms with E-state index in [1.807, 2.05) is 72.3 Å². The first-order valence-electron chi connectivity index (χ1n) is 14.8. The third-order valence-corrected chi connectivity index (χ3v) is 8.27. The predicted molar refractivity (Wildman–Crippen MR) is 179 cm³/mol. The Morgan fingerprint density at radius 1 is 0.800 bits per heavy atom. The summed E-state index contributed by atoms with van der Waals surface area (Å²) >= 11 is 0. The van der Waals surface area contributed by atoms with Crippen molar-refractivity contribution in [2.75, 3.05) is 31.5 Å². The van der Waals surface area contributed by atoms with Crippen LogP contribution in [-0.4, -0.2) is 42.8 Å². The number of para-hydroxylation sites is 3. The number of nitrogens with one attached hydrogen (secondary N) is 1. The first kappa shape index (κ1) is 28.2. The van der Waals surface area contributed by atoms with E-state index in [0.717, 1.165) is 51.0 Å². The highest BCUT2D eigenvalue weighted by atomic mass is 16.5. The lowest BCUT2D eigenvalue weighted by atomic mass is 9.92. The Bertz CT molecular complexity index is 1970. The van der Waals surface area contributed by atoms with E-state index in [1.54, 1.807) is 21.3 Å². The SMILES string of the molecule is COc1cc([C@@H]2c3c(C)nn(-c4ccccc4)c3N=C3C(=Nc4ccc(C)cc4C)Nc4ccccc4N32)cc(OC)c1OC. The van der Waals surface area contributed by atoms with Crippen LogP contribution in [0.5, 0.6) is 17.2 Å². The number of amidine groups is 2. The third-order valence-electron chi connectivity index (χ3n) is 8.27. The Morgan fingerprint density at radius 2 is 1.51 bits per heavy atom. The number of benzene rings is 4. The molecule has 0 aliphatic carbocycles. The molecule has 2 aliphatic rings. The van der Waals surface area contributed by atoms with Crippen molar-refractivity contribution in [3.05, 3.63) is 113 Å². The van der Waals surface area contributed by atoms with Crippen molar-refractivity contribution in [3.63, 3.8) is 0 Å². The minimum absolute atomic E-state index is 0.355. The van der Waals surface area contributed by atoms with Gasteiger partial charge in [0.1, 0.15) is 0 Å². The molecule has 0 radical (unpaired) electrons. The van der Waals surface area contributed by atoms with Crippen molar-refractivity contribution in [2.24, 2.45) is 9.98 Å². The fraction of sp³-hybridized carbons (Fsp3) is 0.194. The number of aromatic nitrogens is 2. The number of nitrogens with zero attached hydrogens (tertiary/aromatic N) is 5. The lowest BCUT2D eigenvalue weighted by Crippen LogP contribution is -2.48. The smallest absolute Gasteiger partial charge is 0.203 e. The topological polar surface area (TPSA) is 85.5 Å². The lowest BCUT2D eigenvalue weighted by Gasteiger charge is -2.42. The molecule has 1 N–H and O–H groups in total. The minimum atomic E-state index is -0.355. The molecule has 1 aromatic heterocycles. The van der Waals surface area contributed by atoms with Crippen LogP contribution in [0.2, 0.25) is 0 Å². The second kappa shape index (κ2) is 11.2. The number of anilines is 2. The van der Waals surface area contributed by atoms with Crippen molar-refractivity contribution in [3.8, 4) is 22.9 Å². The van der Waals surface area contributed by atoms with Crippen LogP contribution in [0.25, 0.3) is 5.69 Å². The van der Waals surface area contributed by atoms with Crippen LogP contribution in [0.1, 0.15) is 34.0 Å². The number of ether oxygens (including phenoxy) is 3. The molecule has 4 aromatic carbocycles. The molecule has 0 unspecified atom stereocenters. The number of methoxy groups -OCH3 is 3. The summed E-state index contributed by atoms with van der Waals surface area (Å²) in [4.78, 5) is 12.8. The highest BCUT2D eigenvalue weighted by molar-refractivity contribution is 6.52. The van der Waals surface area contributed by atoms with Crippen LogP contribution < -0.4 is 24.4 Å². The van der Waals surface area contributed by atoms with E-state index in [4.69, 9.17) is 29.3 Å². The number of rotatable bonds is 6. The summed E-state index contributed by atoms with van der Waals surface area (Å²) in [5.74, 6) is 3.72. The molecule has 0 amide bonds. The predicted octanol–water partition coefficient (Wildman–Crippen LogP) is 7.62. The third kappa shape index (κ3) is 4.68. The molecule has 9 nitrogen and oxygen atoms in total. The first-order valence-corrected chi connectivity index (χ1v) is 14.8. The second-order valence-electron chi connectivity index (χ2n) is 11.1. The lowest BCUT2D eigenvalue weighted by molar-refractivity contribution is 0.323. The van der Waals surface area contributed by atoms with Crippen LogP contribution in [-0.2, 0) is 0 Å². The van der Waals surface area contributed by atoms with Gasteiger partial charge in [-0.1, -0.05) is 48.0 Å². The van der Waals surface area contributed by atoms with Gasteiger partial charge in [-0.15, -0.1) is 0 Å². The zero-order valence-corrected chi connectivity index (χ0v) is 26.1. The second-order valence-corrected chi connectivity index (χ2v) is 11.1. The summed E-state index contributed by atoms with van der Waals surface area (Å²) in [7, 11) is 4.88. The van der Waals surface area contributed by atoms with Gasteiger partial charge in [0, 0.05) is 5.56 Å². The summed E-state index contributed by atoms with van der Waals surface area (Å²) in [6, 6.07) is 28.2. The molecule has 3 heterocycles. The summed E-state index contributed by atoms with van der Waals surface area (Å²) in [5, 5.41) is 8.64. The van der Waals surface area contributed by atoms with Gasteiger partial charge in [0.05, 0.1) is 55.8 Å². The van der Waals surface area contributed by atoms with Gasteiger partial charge < -0.3 is 24.4 Å². The molecule has 0 fully saturated rings. The van der Waals surface area contributed by atoms with Crippen molar-refractivity contribution < 1.29 is 14.2 Å². The van der Waals surface area contributed by atoms with E-state index in [-0.39, 0.29) is 6.04 Å². The summed E-state index contributed by atoms with van der Waals surface area (Å²) in [5.41, 5.74) is 8.70. The number of aliphatic imine (C=N–C) groups is 2. The Kier molecular flexibility index (Phi) is 7.00. The van der Waals surface area contributed by atoms with Gasteiger partial charge in [-0.25, -0.2) is 14.7 Å². The monoisotopic (exact) mass is 598 g/mol. The highest BCUT2D eigenvalue weighted by Gasteiger charge is 2.42. The Labute approximate surface area is 262 Å². The van der Waals surface area contributed by atoms with E-state index < -0.39 is 0 Å². The standard InChI is InChI=1S/C36H34N6O3/c1-21-16-17-26(22(2)18-21)37-34-36-39-35-31(23(3)40-42(35)25-12-8-7-9-13-25)32(41(36)28-15-11-10-14-27(28)38-34)24-19-29(43-4)33(45-6)30(20-24)44-5/h7-20,32H,1-6H3,(H,37,38)/t32-/m1/s1. The molecule has 2 aliphatic heterocycles. The molecular formula is C36H34N6O3. The average molecular weight is 599 g/mol. The highest BCUT2D eigenvalue weighted by Crippen LogP contribution is 2.50. The fourth-order valence-corrected chi connectivity index (χ4v) is 6.21. The van der Waals surface area contributed by atoms with Crippen LogP contribution in [0, 0.1) is 20.8 Å². The summed E-state index contributed by atoms with van der Waals surface area (Å²) in [6.07, 6.45) is 0. The van der Waals surface area contributed by atoms with E-state index in [1.165, 1.54) is 5.56 Å². The molecule has 9 heteroatoms. The number of aryl methyl sites for hydroxylation is 3. The molecule has 0 bridgehead atoms. The van der Waals surface area contributed by atoms with Crippen LogP contribution >= 0.6 is 0 Å². The molecule has 1 atom stereocenters.